The molecule has 0 N–H and O–H groups in total. The molecule has 2 nitrogen and oxygen atoms in total. The Balaban J connectivity index is 2.05. The molecule has 120 valence electrons. The summed E-state index contributed by atoms with van der Waals surface area (Å²) in [5.74, 6) is 0.477. The summed E-state index contributed by atoms with van der Waals surface area (Å²) >= 11 is 0. The van der Waals surface area contributed by atoms with Gasteiger partial charge in [0, 0.05) is 22.5 Å². The largest absolute Gasteiger partial charge is 0.455 e. The van der Waals surface area contributed by atoms with Crippen LogP contribution in [0.5, 0.6) is 0 Å². The molecule has 0 spiro atoms. The highest BCUT2D eigenvalue weighted by atomic mass is 16.3. The Kier molecular flexibility index (Phi) is 3.42. The van der Waals surface area contributed by atoms with E-state index in [4.69, 9.17) is 4.42 Å². The lowest BCUT2D eigenvalue weighted by molar-refractivity contribution is 0.669. The molecule has 0 radical (unpaired) electrons. The van der Waals surface area contributed by atoms with Gasteiger partial charge < -0.3 is 4.42 Å². The molecule has 24 heavy (non-hydrogen) atoms. The normalized spacial score (nSPS) is 11.7. The van der Waals surface area contributed by atoms with E-state index in [9.17, 15) is 0 Å². The van der Waals surface area contributed by atoms with Gasteiger partial charge in [-0.25, -0.2) is 0 Å². The number of hydrogen-bond acceptors (Lipinski definition) is 2. The predicted molar refractivity (Wildman–Crippen MR) is 101 cm³/mol. The van der Waals surface area contributed by atoms with E-state index in [1.165, 1.54) is 27.5 Å². The van der Waals surface area contributed by atoms with Crippen molar-refractivity contribution in [3.05, 3.63) is 65.4 Å². The summed E-state index contributed by atoms with van der Waals surface area (Å²) in [4.78, 5) is 4.61. The van der Waals surface area contributed by atoms with Gasteiger partial charge in [0.15, 0.2) is 0 Å². The molecule has 0 aliphatic carbocycles. The Bertz CT molecular complexity index is 1060. The highest BCUT2D eigenvalue weighted by Gasteiger charge is 2.15. The van der Waals surface area contributed by atoms with Gasteiger partial charge in [-0.1, -0.05) is 25.5 Å². The molecule has 0 unspecified atom stereocenters. The minimum atomic E-state index is 0.477. The minimum Gasteiger partial charge on any atom is -0.455 e. The smallest absolute Gasteiger partial charge is 0.144 e. The SMILES string of the molecule is Cc1ccc2oc3c(-c4cc(C(C)C)ccn4)cc(C)cc3c2c1. The molecule has 2 heteroatoms. The lowest BCUT2D eigenvalue weighted by Gasteiger charge is -2.08. The first-order valence-electron chi connectivity index (χ1n) is 8.43. The lowest BCUT2D eigenvalue weighted by atomic mass is 9.99. The van der Waals surface area contributed by atoms with E-state index in [2.05, 4.69) is 75.1 Å². The topological polar surface area (TPSA) is 26.0 Å². The Morgan fingerprint density at radius 2 is 1.67 bits per heavy atom. The highest BCUT2D eigenvalue weighted by Crippen LogP contribution is 2.37. The summed E-state index contributed by atoms with van der Waals surface area (Å²) in [5.41, 5.74) is 7.66. The van der Waals surface area contributed by atoms with Crippen LogP contribution in [0.1, 0.15) is 36.5 Å². The summed E-state index contributed by atoms with van der Waals surface area (Å²) in [6, 6.07) is 15.0. The zero-order valence-corrected chi connectivity index (χ0v) is 14.6. The number of aryl methyl sites for hydroxylation is 2. The Morgan fingerprint density at radius 1 is 0.875 bits per heavy atom. The van der Waals surface area contributed by atoms with Crippen LogP contribution < -0.4 is 0 Å². The van der Waals surface area contributed by atoms with Crippen molar-refractivity contribution in [1.82, 2.24) is 4.98 Å². The van der Waals surface area contributed by atoms with Crippen LogP contribution in [-0.4, -0.2) is 4.98 Å². The third-order valence-corrected chi connectivity index (χ3v) is 4.60. The third kappa shape index (κ3) is 2.39. The molecule has 2 aromatic heterocycles. The van der Waals surface area contributed by atoms with Crippen LogP contribution in [0.25, 0.3) is 33.2 Å². The van der Waals surface area contributed by atoms with Gasteiger partial charge in [-0.3, -0.25) is 4.98 Å². The lowest BCUT2D eigenvalue weighted by Crippen LogP contribution is -1.91. The van der Waals surface area contributed by atoms with E-state index < -0.39 is 0 Å². The molecule has 0 bridgehead atoms. The Labute approximate surface area is 142 Å². The number of benzene rings is 2. The molecule has 0 amide bonds. The van der Waals surface area contributed by atoms with E-state index in [1.807, 2.05) is 6.20 Å². The van der Waals surface area contributed by atoms with E-state index in [-0.39, 0.29) is 0 Å². The van der Waals surface area contributed by atoms with Gasteiger partial charge in [-0.05, 0) is 67.3 Å². The second kappa shape index (κ2) is 5.48. The van der Waals surface area contributed by atoms with Gasteiger partial charge >= 0.3 is 0 Å². The molecular weight excluding hydrogens is 294 g/mol. The molecular formula is C22H21NO. The van der Waals surface area contributed by atoms with Crippen molar-refractivity contribution in [3.8, 4) is 11.3 Å². The summed E-state index contributed by atoms with van der Waals surface area (Å²) in [7, 11) is 0. The van der Waals surface area contributed by atoms with Crippen molar-refractivity contribution in [1.29, 1.82) is 0 Å². The molecule has 0 saturated carbocycles. The van der Waals surface area contributed by atoms with E-state index in [1.54, 1.807) is 0 Å². The number of rotatable bonds is 2. The molecule has 2 aromatic carbocycles. The van der Waals surface area contributed by atoms with Gasteiger partial charge in [0.2, 0.25) is 0 Å². The standard InChI is InChI=1S/C22H21NO/c1-13(2)16-7-8-23-20(12-16)19-11-15(4)10-18-17-9-14(3)5-6-21(17)24-22(18)19/h5-13H,1-4H3. The Morgan fingerprint density at radius 3 is 2.46 bits per heavy atom. The van der Waals surface area contributed by atoms with E-state index in [0.29, 0.717) is 5.92 Å². The molecule has 2 heterocycles. The van der Waals surface area contributed by atoms with E-state index >= 15 is 0 Å². The van der Waals surface area contributed by atoms with Crippen molar-refractivity contribution in [2.75, 3.05) is 0 Å². The second-order valence-corrected chi connectivity index (χ2v) is 6.92. The van der Waals surface area contributed by atoms with Crippen LogP contribution in [0.3, 0.4) is 0 Å². The number of pyridine rings is 1. The van der Waals surface area contributed by atoms with Gasteiger partial charge in [0.1, 0.15) is 11.2 Å². The fourth-order valence-electron chi connectivity index (χ4n) is 3.28. The molecule has 0 fully saturated rings. The van der Waals surface area contributed by atoms with Gasteiger partial charge in [-0.15, -0.1) is 0 Å². The van der Waals surface area contributed by atoms with Crippen molar-refractivity contribution >= 4 is 21.9 Å². The summed E-state index contributed by atoms with van der Waals surface area (Å²) in [6.45, 7) is 8.65. The Hall–Kier alpha value is -2.61. The monoisotopic (exact) mass is 315 g/mol. The highest BCUT2D eigenvalue weighted by molar-refractivity contribution is 6.09. The van der Waals surface area contributed by atoms with Gasteiger partial charge in [-0.2, -0.15) is 0 Å². The van der Waals surface area contributed by atoms with Crippen molar-refractivity contribution in [2.24, 2.45) is 0 Å². The fraction of sp³-hybridized carbons (Fsp3) is 0.227. The fourth-order valence-corrected chi connectivity index (χ4v) is 3.28. The maximum atomic E-state index is 6.21. The number of aromatic nitrogens is 1. The zero-order valence-electron chi connectivity index (χ0n) is 14.6. The summed E-state index contributed by atoms with van der Waals surface area (Å²) in [5, 5.41) is 2.34. The molecule has 4 rings (SSSR count). The van der Waals surface area contributed by atoms with E-state index in [0.717, 1.165) is 22.4 Å². The van der Waals surface area contributed by atoms with Crippen molar-refractivity contribution in [2.45, 2.75) is 33.6 Å². The summed E-state index contributed by atoms with van der Waals surface area (Å²) < 4.78 is 6.21. The minimum absolute atomic E-state index is 0.477. The van der Waals surface area contributed by atoms with Crippen molar-refractivity contribution in [3.63, 3.8) is 0 Å². The molecule has 0 aliphatic heterocycles. The third-order valence-electron chi connectivity index (χ3n) is 4.60. The van der Waals surface area contributed by atoms with Crippen LogP contribution >= 0.6 is 0 Å². The number of furan rings is 1. The maximum absolute atomic E-state index is 6.21. The average molecular weight is 315 g/mol. The second-order valence-electron chi connectivity index (χ2n) is 6.92. The van der Waals surface area contributed by atoms with Crippen LogP contribution in [0, 0.1) is 13.8 Å². The number of hydrogen-bond donors (Lipinski definition) is 0. The van der Waals surface area contributed by atoms with Crippen LogP contribution in [-0.2, 0) is 0 Å². The predicted octanol–water partition coefficient (Wildman–Crippen LogP) is 6.39. The number of nitrogens with zero attached hydrogens (tertiary/aromatic N) is 1. The van der Waals surface area contributed by atoms with Crippen LogP contribution in [0.15, 0.2) is 53.1 Å². The van der Waals surface area contributed by atoms with Crippen LogP contribution in [0.4, 0.5) is 0 Å². The molecule has 0 aliphatic rings. The maximum Gasteiger partial charge on any atom is 0.144 e. The van der Waals surface area contributed by atoms with Gasteiger partial charge in [0.05, 0.1) is 5.69 Å². The first-order valence-corrected chi connectivity index (χ1v) is 8.43. The summed E-state index contributed by atoms with van der Waals surface area (Å²) in [6.07, 6.45) is 1.89. The average Bonchev–Trinajstić information content (AvgIpc) is 2.92. The zero-order chi connectivity index (χ0) is 16.8. The van der Waals surface area contributed by atoms with Crippen LogP contribution in [0.2, 0.25) is 0 Å². The molecule has 0 saturated heterocycles. The van der Waals surface area contributed by atoms with Gasteiger partial charge in [0.25, 0.3) is 0 Å². The first kappa shape index (κ1) is 14.9. The quantitative estimate of drug-likeness (QED) is 0.428. The first-order chi connectivity index (χ1) is 11.5. The number of fused-ring (bicyclic) bond motifs is 3. The molecule has 4 aromatic rings. The van der Waals surface area contributed by atoms with Crippen molar-refractivity contribution < 1.29 is 4.42 Å². The molecule has 0 atom stereocenters.